The molecule has 2 aliphatic rings. The van der Waals surface area contributed by atoms with Crippen LogP contribution in [0.5, 0.6) is 0 Å². The average molecular weight is 464 g/mol. The first kappa shape index (κ1) is 23.7. The minimum atomic E-state index is -3.46. The van der Waals surface area contributed by atoms with E-state index in [4.69, 9.17) is 0 Å². The molecule has 0 saturated carbocycles. The van der Waals surface area contributed by atoms with Crippen LogP contribution in [0.15, 0.2) is 59.5 Å². The van der Waals surface area contributed by atoms with E-state index in [1.54, 1.807) is 28.6 Å². The van der Waals surface area contributed by atoms with Crippen LogP contribution < -0.4 is 0 Å². The molecule has 4 rings (SSSR count). The molecule has 1 amide bonds. The highest BCUT2D eigenvalue weighted by Crippen LogP contribution is 2.21. The number of carbonyl (C=O) groups excluding carboxylic acids is 1. The van der Waals surface area contributed by atoms with E-state index in [0.29, 0.717) is 31.7 Å². The third kappa shape index (κ3) is 5.66. The molecule has 2 aromatic rings. The van der Waals surface area contributed by atoms with E-state index in [9.17, 15) is 13.2 Å². The van der Waals surface area contributed by atoms with Crippen molar-refractivity contribution in [3.05, 3.63) is 65.7 Å². The molecule has 0 aromatic heterocycles. The molecule has 0 unspecified atom stereocenters. The van der Waals surface area contributed by atoms with Crippen molar-refractivity contribution in [2.45, 2.75) is 30.7 Å². The van der Waals surface area contributed by atoms with Gasteiger partial charge in [0.1, 0.15) is 0 Å². The average Bonchev–Trinajstić information content (AvgIpc) is 2.80. The molecule has 168 valence electrons. The van der Waals surface area contributed by atoms with E-state index >= 15 is 0 Å². The van der Waals surface area contributed by atoms with Crippen LogP contribution in [0.2, 0.25) is 0 Å². The fourth-order valence-corrected chi connectivity index (χ4v) is 5.67. The number of piperidine rings is 1. The molecule has 0 atom stereocenters. The predicted octanol–water partition coefficient (Wildman–Crippen LogP) is 3.24. The van der Waals surface area contributed by atoms with Crippen molar-refractivity contribution in [3.8, 4) is 0 Å². The van der Waals surface area contributed by atoms with Crippen molar-refractivity contribution in [3.63, 3.8) is 0 Å². The van der Waals surface area contributed by atoms with E-state index in [1.807, 2.05) is 23.1 Å². The Hall–Kier alpha value is -1.93. The smallest absolute Gasteiger partial charge is 0.253 e. The molecular weight excluding hydrogens is 434 g/mol. The Labute approximate surface area is 191 Å². The second kappa shape index (κ2) is 10.6. The number of hydrogen-bond donors (Lipinski definition) is 0. The second-order valence-electron chi connectivity index (χ2n) is 8.04. The fraction of sp³-hybridized carbons (Fsp3) is 0.435. The lowest BCUT2D eigenvalue weighted by Crippen LogP contribution is -2.48. The highest BCUT2D eigenvalue weighted by molar-refractivity contribution is 7.89. The summed E-state index contributed by atoms with van der Waals surface area (Å²) in [6.07, 6.45) is 2.90. The number of halogens is 1. The summed E-state index contributed by atoms with van der Waals surface area (Å²) in [4.78, 5) is 17.4. The van der Waals surface area contributed by atoms with Crippen LogP contribution in [-0.4, -0.2) is 67.7 Å². The highest BCUT2D eigenvalue weighted by atomic mass is 35.5. The van der Waals surface area contributed by atoms with E-state index in [0.717, 1.165) is 38.9 Å². The molecule has 2 heterocycles. The molecule has 0 aliphatic carbocycles. The molecule has 2 fully saturated rings. The van der Waals surface area contributed by atoms with Crippen LogP contribution >= 0.6 is 12.4 Å². The largest absolute Gasteiger partial charge is 0.336 e. The third-order valence-electron chi connectivity index (χ3n) is 5.96. The zero-order chi connectivity index (χ0) is 21.0. The maximum Gasteiger partial charge on any atom is 0.253 e. The molecule has 2 aliphatic heterocycles. The maximum absolute atomic E-state index is 12.9. The summed E-state index contributed by atoms with van der Waals surface area (Å²) in [5.41, 5.74) is 1.83. The predicted molar refractivity (Wildman–Crippen MR) is 124 cm³/mol. The summed E-state index contributed by atoms with van der Waals surface area (Å²) in [6.45, 7) is 5.08. The summed E-state index contributed by atoms with van der Waals surface area (Å²) in [5, 5.41) is 0. The first-order chi connectivity index (χ1) is 14.5. The molecule has 0 radical (unpaired) electrons. The van der Waals surface area contributed by atoms with Crippen molar-refractivity contribution >= 4 is 28.3 Å². The molecule has 31 heavy (non-hydrogen) atoms. The minimum absolute atomic E-state index is 0. The van der Waals surface area contributed by atoms with E-state index in [2.05, 4.69) is 17.0 Å². The Balaban J connectivity index is 0.00000272. The molecule has 8 heteroatoms. The van der Waals surface area contributed by atoms with Crippen molar-refractivity contribution in [2.75, 3.05) is 39.3 Å². The normalized spacial score (nSPS) is 18.4. The van der Waals surface area contributed by atoms with Crippen LogP contribution in [0.1, 0.15) is 35.2 Å². The SMILES string of the molecule is Cl.O=C(c1ccc(S(=O)(=O)N2CCCCC2)cc1)N1CCN(Cc2ccccc2)CC1. The number of sulfonamides is 1. The van der Waals surface area contributed by atoms with Gasteiger partial charge in [-0.3, -0.25) is 9.69 Å². The topological polar surface area (TPSA) is 60.9 Å². The van der Waals surface area contributed by atoms with Crippen molar-refractivity contribution in [2.24, 2.45) is 0 Å². The number of piperazine rings is 1. The molecule has 2 aromatic carbocycles. The lowest BCUT2D eigenvalue weighted by Gasteiger charge is -2.34. The summed E-state index contributed by atoms with van der Waals surface area (Å²) in [7, 11) is -3.46. The van der Waals surface area contributed by atoms with Crippen LogP contribution in [0.4, 0.5) is 0 Å². The zero-order valence-electron chi connectivity index (χ0n) is 17.7. The van der Waals surface area contributed by atoms with Gasteiger partial charge in [0.25, 0.3) is 5.91 Å². The monoisotopic (exact) mass is 463 g/mol. The number of hydrogen-bond acceptors (Lipinski definition) is 4. The van der Waals surface area contributed by atoms with Gasteiger partial charge in [0, 0.05) is 51.4 Å². The van der Waals surface area contributed by atoms with Crippen LogP contribution in [0, 0.1) is 0 Å². The molecule has 2 saturated heterocycles. The van der Waals surface area contributed by atoms with Crippen molar-refractivity contribution < 1.29 is 13.2 Å². The Bertz CT molecular complexity index is 953. The van der Waals surface area contributed by atoms with Crippen molar-refractivity contribution in [1.82, 2.24) is 14.1 Å². The van der Waals surface area contributed by atoms with Crippen molar-refractivity contribution in [1.29, 1.82) is 0 Å². The van der Waals surface area contributed by atoms with Crippen LogP contribution in [0.3, 0.4) is 0 Å². The number of amides is 1. The Kier molecular flexibility index (Phi) is 8.11. The van der Waals surface area contributed by atoms with Gasteiger partial charge in [-0.25, -0.2) is 8.42 Å². The standard InChI is InChI=1S/C23H29N3O3S.ClH/c27-23(25-17-15-24(16-18-25)19-20-7-3-1-4-8-20)21-9-11-22(12-10-21)30(28,29)26-13-5-2-6-14-26;/h1,3-4,7-12H,2,5-6,13-19H2;1H. The summed E-state index contributed by atoms with van der Waals surface area (Å²) in [6, 6.07) is 16.8. The number of rotatable bonds is 5. The quantitative estimate of drug-likeness (QED) is 0.683. The minimum Gasteiger partial charge on any atom is -0.336 e. The second-order valence-corrected chi connectivity index (χ2v) is 9.98. The summed E-state index contributed by atoms with van der Waals surface area (Å²) < 4.78 is 27.1. The molecular formula is C23H30ClN3O3S. The van der Waals surface area contributed by atoms with E-state index in [1.165, 1.54) is 5.56 Å². The molecule has 0 spiro atoms. The van der Waals surface area contributed by atoms with Crippen LogP contribution in [0.25, 0.3) is 0 Å². The maximum atomic E-state index is 12.9. The van der Waals surface area contributed by atoms with Gasteiger partial charge in [0.2, 0.25) is 10.0 Å². The Morgan fingerprint density at radius 1 is 0.774 bits per heavy atom. The van der Waals surface area contributed by atoms with Gasteiger partial charge in [0.05, 0.1) is 4.90 Å². The van der Waals surface area contributed by atoms with E-state index in [-0.39, 0.29) is 23.2 Å². The van der Waals surface area contributed by atoms with Gasteiger partial charge >= 0.3 is 0 Å². The number of benzene rings is 2. The van der Waals surface area contributed by atoms with Gasteiger partial charge in [-0.15, -0.1) is 12.4 Å². The highest BCUT2D eigenvalue weighted by Gasteiger charge is 2.27. The molecule has 0 bridgehead atoms. The Morgan fingerprint density at radius 3 is 2.00 bits per heavy atom. The third-order valence-corrected chi connectivity index (χ3v) is 7.88. The zero-order valence-corrected chi connectivity index (χ0v) is 19.3. The molecule has 6 nitrogen and oxygen atoms in total. The first-order valence-electron chi connectivity index (χ1n) is 10.7. The number of carbonyl (C=O) groups is 1. The number of nitrogens with zero attached hydrogens (tertiary/aromatic N) is 3. The van der Waals surface area contributed by atoms with Crippen LogP contribution in [-0.2, 0) is 16.6 Å². The Morgan fingerprint density at radius 2 is 1.39 bits per heavy atom. The van der Waals surface area contributed by atoms with Gasteiger partial charge in [-0.05, 0) is 42.7 Å². The summed E-state index contributed by atoms with van der Waals surface area (Å²) >= 11 is 0. The lowest BCUT2D eigenvalue weighted by molar-refractivity contribution is 0.0628. The summed E-state index contributed by atoms with van der Waals surface area (Å²) in [5.74, 6) is -0.0312. The van der Waals surface area contributed by atoms with Gasteiger partial charge < -0.3 is 4.90 Å². The first-order valence-corrected chi connectivity index (χ1v) is 12.1. The lowest BCUT2D eigenvalue weighted by atomic mass is 10.1. The van der Waals surface area contributed by atoms with Gasteiger partial charge in [0.15, 0.2) is 0 Å². The van der Waals surface area contributed by atoms with Gasteiger partial charge in [-0.2, -0.15) is 4.31 Å². The fourth-order valence-electron chi connectivity index (χ4n) is 4.16. The van der Waals surface area contributed by atoms with Gasteiger partial charge in [-0.1, -0.05) is 36.8 Å². The van der Waals surface area contributed by atoms with E-state index < -0.39 is 10.0 Å². The molecule has 0 N–H and O–H groups in total.